The summed E-state index contributed by atoms with van der Waals surface area (Å²) < 4.78 is 6.06. The summed E-state index contributed by atoms with van der Waals surface area (Å²) in [5, 5.41) is 7.14. The highest BCUT2D eigenvalue weighted by Gasteiger charge is 2.07. The van der Waals surface area contributed by atoms with Crippen molar-refractivity contribution < 1.29 is 9.57 Å². The van der Waals surface area contributed by atoms with E-state index in [4.69, 9.17) is 4.74 Å². The molecule has 2 aromatic carbocycles. The van der Waals surface area contributed by atoms with Crippen molar-refractivity contribution in [1.82, 2.24) is 0 Å². The number of allylic oxidation sites excluding steroid dienone is 1. The van der Waals surface area contributed by atoms with Gasteiger partial charge in [-0.25, -0.2) is 0 Å². The molecule has 0 aliphatic heterocycles. The van der Waals surface area contributed by atoms with Crippen LogP contribution >= 0.6 is 0 Å². The first-order valence-corrected chi connectivity index (χ1v) is 8.38. The molecule has 0 saturated heterocycles. The standard InChI is InChI=1S/C21H26N2O2/c1-5-6-11-22-20-12-16(2)21(17(3)13-20)25-15-19-9-7-18(8-10-19)14-23-24-4/h5-10,12-14,22H,11,15H2,1-4H3/b6-5+,23-14+. The minimum absolute atomic E-state index is 0.536. The fourth-order valence-electron chi connectivity index (χ4n) is 2.54. The maximum atomic E-state index is 6.06. The number of nitrogens with zero attached hydrogens (tertiary/aromatic N) is 1. The van der Waals surface area contributed by atoms with Crippen LogP contribution in [-0.4, -0.2) is 19.9 Å². The Morgan fingerprint density at radius 1 is 1.08 bits per heavy atom. The first-order valence-electron chi connectivity index (χ1n) is 8.38. The number of aryl methyl sites for hydroxylation is 2. The summed E-state index contributed by atoms with van der Waals surface area (Å²) in [6.45, 7) is 7.54. The van der Waals surface area contributed by atoms with Crippen LogP contribution in [0.1, 0.15) is 29.2 Å². The van der Waals surface area contributed by atoms with E-state index in [-0.39, 0.29) is 0 Å². The summed E-state index contributed by atoms with van der Waals surface area (Å²) in [5.74, 6) is 0.946. The summed E-state index contributed by atoms with van der Waals surface area (Å²) in [6, 6.07) is 12.3. The van der Waals surface area contributed by atoms with Crippen LogP contribution in [0.5, 0.6) is 5.75 Å². The first kappa shape index (κ1) is 18.6. The van der Waals surface area contributed by atoms with E-state index < -0.39 is 0 Å². The average molecular weight is 338 g/mol. The Morgan fingerprint density at radius 2 is 1.76 bits per heavy atom. The molecule has 0 bridgehead atoms. The quantitative estimate of drug-likeness (QED) is 0.425. The lowest BCUT2D eigenvalue weighted by Gasteiger charge is -2.15. The fourth-order valence-corrected chi connectivity index (χ4v) is 2.54. The third kappa shape index (κ3) is 5.68. The van der Waals surface area contributed by atoms with Gasteiger partial charge in [0.2, 0.25) is 0 Å². The van der Waals surface area contributed by atoms with Crippen molar-refractivity contribution in [3.63, 3.8) is 0 Å². The summed E-state index contributed by atoms with van der Waals surface area (Å²) in [4.78, 5) is 4.68. The number of hydrogen-bond acceptors (Lipinski definition) is 4. The van der Waals surface area contributed by atoms with E-state index in [0.29, 0.717) is 6.61 Å². The van der Waals surface area contributed by atoms with Crippen LogP contribution in [0, 0.1) is 13.8 Å². The first-order chi connectivity index (χ1) is 12.1. The molecule has 0 aromatic heterocycles. The largest absolute Gasteiger partial charge is 0.488 e. The lowest BCUT2D eigenvalue weighted by atomic mass is 10.1. The summed E-state index contributed by atoms with van der Waals surface area (Å²) in [5.41, 5.74) is 5.49. The topological polar surface area (TPSA) is 42.8 Å². The van der Waals surface area contributed by atoms with Crippen LogP contribution in [0.15, 0.2) is 53.7 Å². The van der Waals surface area contributed by atoms with E-state index in [2.05, 4.69) is 47.4 Å². The Kier molecular flexibility index (Phi) is 7.08. The van der Waals surface area contributed by atoms with Crippen LogP contribution in [0.4, 0.5) is 5.69 Å². The Balaban J connectivity index is 2.01. The van der Waals surface area contributed by atoms with Gasteiger partial charge in [-0.05, 0) is 55.2 Å². The molecule has 25 heavy (non-hydrogen) atoms. The molecule has 0 radical (unpaired) electrons. The predicted octanol–water partition coefficient (Wildman–Crippen LogP) is 4.85. The van der Waals surface area contributed by atoms with Crippen molar-refractivity contribution in [2.45, 2.75) is 27.4 Å². The van der Waals surface area contributed by atoms with Crippen LogP contribution in [-0.2, 0) is 11.4 Å². The molecule has 4 heteroatoms. The molecule has 0 unspecified atom stereocenters. The molecule has 0 aliphatic rings. The SMILES string of the molecule is C/C=C/CNc1cc(C)c(OCc2ccc(/C=N/OC)cc2)c(C)c1. The van der Waals surface area contributed by atoms with Gasteiger partial charge in [-0.2, -0.15) is 0 Å². The van der Waals surface area contributed by atoms with Gasteiger partial charge in [-0.3, -0.25) is 0 Å². The van der Waals surface area contributed by atoms with Gasteiger partial charge in [0.1, 0.15) is 19.5 Å². The number of oxime groups is 1. The van der Waals surface area contributed by atoms with Crippen LogP contribution < -0.4 is 10.1 Å². The Labute approximate surface area is 150 Å². The van der Waals surface area contributed by atoms with Crippen molar-refractivity contribution in [2.75, 3.05) is 19.0 Å². The van der Waals surface area contributed by atoms with Crippen LogP contribution in [0.3, 0.4) is 0 Å². The Hall–Kier alpha value is -2.75. The zero-order valence-electron chi connectivity index (χ0n) is 15.4. The maximum Gasteiger partial charge on any atom is 0.125 e. The highest BCUT2D eigenvalue weighted by molar-refractivity contribution is 5.79. The van der Waals surface area contributed by atoms with E-state index in [9.17, 15) is 0 Å². The number of hydrogen-bond donors (Lipinski definition) is 1. The van der Waals surface area contributed by atoms with Crippen LogP contribution in [0.25, 0.3) is 0 Å². The second kappa shape index (κ2) is 9.52. The fraction of sp³-hybridized carbons (Fsp3) is 0.286. The van der Waals surface area contributed by atoms with E-state index in [0.717, 1.165) is 40.2 Å². The molecule has 132 valence electrons. The van der Waals surface area contributed by atoms with Crippen molar-refractivity contribution >= 4 is 11.9 Å². The third-order valence-electron chi connectivity index (χ3n) is 3.79. The normalized spacial score (nSPS) is 11.2. The van der Waals surface area contributed by atoms with Crippen molar-refractivity contribution in [2.24, 2.45) is 5.16 Å². The molecule has 0 saturated carbocycles. The zero-order chi connectivity index (χ0) is 18.1. The number of nitrogens with one attached hydrogen (secondary N) is 1. The number of anilines is 1. The molecule has 1 N–H and O–H groups in total. The van der Waals surface area contributed by atoms with E-state index in [1.54, 1.807) is 6.21 Å². The molecule has 4 nitrogen and oxygen atoms in total. The lowest BCUT2D eigenvalue weighted by molar-refractivity contribution is 0.215. The monoisotopic (exact) mass is 338 g/mol. The number of ether oxygens (including phenoxy) is 1. The van der Waals surface area contributed by atoms with Gasteiger partial charge < -0.3 is 14.9 Å². The summed E-state index contributed by atoms with van der Waals surface area (Å²) in [7, 11) is 1.53. The maximum absolute atomic E-state index is 6.06. The second-order valence-electron chi connectivity index (χ2n) is 5.84. The number of rotatable bonds is 8. The molecular formula is C21H26N2O2. The van der Waals surface area contributed by atoms with Gasteiger partial charge in [-0.15, -0.1) is 0 Å². The second-order valence-corrected chi connectivity index (χ2v) is 5.84. The lowest BCUT2D eigenvalue weighted by Crippen LogP contribution is -2.02. The highest BCUT2D eigenvalue weighted by atomic mass is 16.6. The molecule has 0 spiro atoms. The van der Waals surface area contributed by atoms with Gasteiger partial charge >= 0.3 is 0 Å². The van der Waals surface area contributed by atoms with Gasteiger partial charge in [0.25, 0.3) is 0 Å². The molecular weight excluding hydrogens is 312 g/mol. The minimum atomic E-state index is 0.536. The number of benzene rings is 2. The van der Waals surface area contributed by atoms with E-state index >= 15 is 0 Å². The molecule has 0 heterocycles. The molecule has 0 amide bonds. The van der Waals surface area contributed by atoms with Crippen molar-refractivity contribution in [3.8, 4) is 5.75 Å². The molecule has 0 fully saturated rings. The Morgan fingerprint density at radius 3 is 2.36 bits per heavy atom. The Bertz CT molecular complexity index is 711. The molecule has 0 aliphatic carbocycles. The van der Waals surface area contributed by atoms with E-state index in [1.807, 2.05) is 37.3 Å². The highest BCUT2D eigenvalue weighted by Crippen LogP contribution is 2.28. The van der Waals surface area contributed by atoms with Crippen molar-refractivity contribution in [1.29, 1.82) is 0 Å². The van der Waals surface area contributed by atoms with Crippen LogP contribution in [0.2, 0.25) is 0 Å². The van der Waals surface area contributed by atoms with E-state index in [1.165, 1.54) is 7.11 Å². The van der Waals surface area contributed by atoms with Crippen molar-refractivity contribution in [3.05, 3.63) is 70.8 Å². The van der Waals surface area contributed by atoms with Gasteiger partial charge in [0, 0.05) is 12.2 Å². The predicted molar refractivity (Wildman–Crippen MR) is 105 cm³/mol. The summed E-state index contributed by atoms with van der Waals surface area (Å²) in [6.07, 6.45) is 5.81. The minimum Gasteiger partial charge on any atom is -0.488 e. The molecule has 0 atom stereocenters. The van der Waals surface area contributed by atoms with Gasteiger partial charge in [0.05, 0.1) is 6.21 Å². The smallest absolute Gasteiger partial charge is 0.125 e. The summed E-state index contributed by atoms with van der Waals surface area (Å²) >= 11 is 0. The average Bonchev–Trinajstić information content (AvgIpc) is 2.60. The molecule has 2 rings (SSSR count). The van der Waals surface area contributed by atoms with Gasteiger partial charge in [0.15, 0.2) is 0 Å². The third-order valence-corrected chi connectivity index (χ3v) is 3.79. The zero-order valence-corrected chi connectivity index (χ0v) is 15.4. The molecule has 2 aromatic rings. The van der Waals surface area contributed by atoms with Gasteiger partial charge in [-0.1, -0.05) is 41.6 Å².